The maximum atomic E-state index is 13.7. The summed E-state index contributed by atoms with van der Waals surface area (Å²) in [5, 5.41) is 6.76. The van der Waals surface area contributed by atoms with Crippen molar-refractivity contribution >= 4 is 17.6 Å². The predicted octanol–water partition coefficient (Wildman–Crippen LogP) is 3.06. The van der Waals surface area contributed by atoms with Crippen LogP contribution in [0.15, 0.2) is 30.5 Å². The van der Waals surface area contributed by atoms with Gasteiger partial charge in [-0.1, -0.05) is 12.1 Å². The number of anilines is 1. The number of aromatic amines is 1. The molecule has 1 aromatic carbocycles. The topological polar surface area (TPSA) is 95.1 Å². The molecule has 8 nitrogen and oxygen atoms in total. The van der Waals surface area contributed by atoms with Crippen molar-refractivity contribution in [1.82, 2.24) is 25.1 Å². The molecule has 2 amide bonds. The van der Waals surface area contributed by atoms with Crippen LogP contribution in [0, 0.1) is 19.7 Å². The number of carbonyl (C=O) groups excluding carboxylic acids is 2. The SMILES string of the molecule is Cc1nc([C@H]2CCN(C(=O)c3cn[nH]c3C)C2)nc2c1CCC(=O)N2Cc1cccc(F)c1. The van der Waals surface area contributed by atoms with E-state index in [1.807, 2.05) is 13.8 Å². The third kappa shape index (κ3) is 3.99. The van der Waals surface area contributed by atoms with Crippen molar-refractivity contribution in [2.45, 2.75) is 45.6 Å². The Labute approximate surface area is 190 Å². The smallest absolute Gasteiger partial charge is 0.257 e. The summed E-state index contributed by atoms with van der Waals surface area (Å²) in [5.41, 5.74) is 3.83. The quantitative estimate of drug-likeness (QED) is 0.662. The summed E-state index contributed by atoms with van der Waals surface area (Å²) in [6.07, 6.45) is 3.27. The fourth-order valence-corrected chi connectivity index (χ4v) is 4.66. The van der Waals surface area contributed by atoms with Crippen LogP contribution in [0.5, 0.6) is 0 Å². The monoisotopic (exact) mass is 448 g/mol. The summed E-state index contributed by atoms with van der Waals surface area (Å²) in [6.45, 7) is 5.15. The predicted molar refractivity (Wildman–Crippen MR) is 119 cm³/mol. The zero-order valence-electron chi connectivity index (χ0n) is 18.6. The number of halogens is 1. The number of benzene rings is 1. The highest BCUT2D eigenvalue weighted by atomic mass is 19.1. The van der Waals surface area contributed by atoms with Crippen molar-refractivity contribution in [2.24, 2.45) is 0 Å². The van der Waals surface area contributed by atoms with Gasteiger partial charge in [-0.15, -0.1) is 0 Å². The number of aromatic nitrogens is 4. The van der Waals surface area contributed by atoms with Crippen LogP contribution in [0.3, 0.4) is 0 Å². The standard InChI is InChI=1S/C24H25FN6O2/c1-14-19-6-7-21(32)31(12-16-4-3-5-18(25)10-16)23(19)28-22(27-14)17-8-9-30(13-17)24(33)20-11-26-29-15(20)2/h3-5,10-11,17H,6-9,12-13H2,1-2H3,(H,26,29)/t17-/m0/s1. The molecule has 2 aliphatic rings. The molecule has 5 rings (SSSR count). The Kier molecular flexibility index (Phi) is 5.39. The van der Waals surface area contributed by atoms with Crippen LogP contribution >= 0.6 is 0 Å². The minimum atomic E-state index is -0.333. The molecule has 33 heavy (non-hydrogen) atoms. The number of nitrogens with one attached hydrogen (secondary N) is 1. The van der Waals surface area contributed by atoms with Gasteiger partial charge in [0.05, 0.1) is 18.3 Å². The lowest BCUT2D eigenvalue weighted by Crippen LogP contribution is -2.36. The van der Waals surface area contributed by atoms with E-state index in [0.29, 0.717) is 48.7 Å². The molecule has 9 heteroatoms. The Morgan fingerprint density at radius 1 is 1.24 bits per heavy atom. The van der Waals surface area contributed by atoms with Gasteiger partial charge < -0.3 is 4.90 Å². The summed E-state index contributed by atoms with van der Waals surface area (Å²) in [4.78, 5) is 38.7. The molecule has 0 spiro atoms. The van der Waals surface area contributed by atoms with Crippen molar-refractivity contribution in [3.05, 3.63) is 70.2 Å². The molecule has 0 unspecified atom stereocenters. The summed E-state index contributed by atoms with van der Waals surface area (Å²) in [5.74, 6) is 0.812. The lowest BCUT2D eigenvalue weighted by molar-refractivity contribution is -0.119. The van der Waals surface area contributed by atoms with Crippen molar-refractivity contribution in [3.8, 4) is 0 Å². The molecule has 1 saturated heterocycles. The molecule has 0 radical (unpaired) electrons. The number of hydrogen-bond acceptors (Lipinski definition) is 5. The second kappa shape index (κ2) is 8.38. The van der Waals surface area contributed by atoms with E-state index >= 15 is 0 Å². The number of rotatable bonds is 4. The molecule has 3 aromatic rings. The number of hydrogen-bond donors (Lipinski definition) is 1. The van der Waals surface area contributed by atoms with Crippen molar-refractivity contribution < 1.29 is 14.0 Å². The molecular formula is C24H25FN6O2. The molecule has 1 fully saturated rings. The van der Waals surface area contributed by atoms with E-state index in [2.05, 4.69) is 10.2 Å². The van der Waals surface area contributed by atoms with Crippen LogP contribution in [-0.4, -0.2) is 50.0 Å². The number of amides is 2. The van der Waals surface area contributed by atoms with Gasteiger partial charge in [-0.3, -0.25) is 19.6 Å². The highest BCUT2D eigenvalue weighted by Crippen LogP contribution is 2.33. The van der Waals surface area contributed by atoms with E-state index in [9.17, 15) is 14.0 Å². The van der Waals surface area contributed by atoms with E-state index in [0.717, 1.165) is 23.4 Å². The third-order valence-corrected chi connectivity index (χ3v) is 6.49. The van der Waals surface area contributed by atoms with Crippen molar-refractivity contribution in [1.29, 1.82) is 0 Å². The largest absolute Gasteiger partial charge is 0.338 e. The molecule has 0 saturated carbocycles. The zero-order valence-corrected chi connectivity index (χ0v) is 18.6. The summed E-state index contributed by atoms with van der Waals surface area (Å²) < 4.78 is 13.7. The zero-order chi connectivity index (χ0) is 23.1. The number of aryl methyl sites for hydroxylation is 2. The number of nitrogens with zero attached hydrogens (tertiary/aromatic N) is 5. The van der Waals surface area contributed by atoms with Gasteiger partial charge in [0, 0.05) is 42.4 Å². The fourth-order valence-electron chi connectivity index (χ4n) is 4.66. The fraction of sp³-hybridized carbons (Fsp3) is 0.375. The van der Waals surface area contributed by atoms with E-state index in [-0.39, 0.29) is 30.1 Å². The highest BCUT2D eigenvalue weighted by Gasteiger charge is 2.34. The number of H-pyrrole nitrogens is 1. The second-order valence-electron chi connectivity index (χ2n) is 8.72. The number of carbonyl (C=O) groups is 2. The molecule has 0 bridgehead atoms. The number of fused-ring (bicyclic) bond motifs is 1. The van der Waals surface area contributed by atoms with Gasteiger partial charge in [0.1, 0.15) is 17.5 Å². The Morgan fingerprint density at radius 2 is 2.09 bits per heavy atom. The summed E-state index contributed by atoms with van der Waals surface area (Å²) in [6, 6.07) is 6.27. The molecule has 170 valence electrons. The lowest BCUT2D eigenvalue weighted by atomic mass is 10.0. The van der Waals surface area contributed by atoms with Crippen LogP contribution in [0.1, 0.15) is 57.5 Å². The van der Waals surface area contributed by atoms with E-state index in [1.165, 1.54) is 12.1 Å². The van der Waals surface area contributed by atoms with Crippen LogP contribution in [0.25, 0.3) is 0 Å². The minimum absolute atomic E-state index is 0.0156. The van der Waals surface area contributed by atoms with Gasteiger partial charge in [-0.2, -0.15) is 5.10 Å². The first-order valence-corrected chi connectivity index (χ1v) is 11.1. The Balaban J connectivity index is 1.42. The molecular weight excluding hydrogens is 423 g/mol. The maximum Gasteiger partial charge on any atom is 0.257 e. The van der Waals surface area contributed by atoms with Gasteiger partial charge in [0.15, 0.2) is 0 Å². The van der Waals surface area contributed by atoms with Gasteiger partial charge in [0.25, 0.3) is 5.91 Å². The summed E-state index contributed by atoms with van der Waals surface area (Å²) in [7, 11) is 0. The molecule has 2 aliphatic heterocycles. The van der Waals surface area contributed by atoms with Gasteiger partial charge in [0.2, 0.25) is 5.91 Å². The molecule has 0 aliphatic carbocycles. The van der Waals surface area contributed by atoms with E-state index < -0.39 is 0 Å². The number of likely N-dealkylation sites (tertiary alicyclic amines) is 1. The van der Waals surface area contributed by atoms with Gasteiger partial charge in [-0.25, -0.2) is 14.4 Å². The van der Waals surface area contributed by atoms with Gasteiger partial charge in [-0.05, 0) is 44.4 Å². The lowest BCUT2D eigenvalue weighted by Gasteiger charge is -2.30. The minimum Gasteiger partial charge on any atom is -0.338 e. The second-order valence-corrected chi connectivity index (χ2v) is 8.72. The van der Waals surface area contributed by atoms with Gasteiger partial charge >= 0.3 is 0 Å². The molecule has 1 atom stereocenters. The van der Waals surface area contributed by atoms with E-state index in [1.54, 1.807) is 28.1 Å². The first-order valence-electron chi connectivity index (χ1n) is 11.1. The first-order chi connectivity index (χ1) is 15.9. The first kappa shape index (κ1) is 21.2. The van der Waals surface area contributed by atoms with Crippen LogP contribution < -0.4 is 4.90 Å². The highest BCUT2D eigenvalue weighted by molar-refractivity contribution is 5.96. The van der Waals surface area contributed by atoms with Crippen LogP contribution in [0.2, 0.25) is 0 Å². The van der Waals surface area contributed by atoms with E-state index in [4.69, 9.17) is 9.97 Å². The Hall–Kier alpha value is -3.62. The molecule has 2 aromatic heterocycles. The van der Waals surface area contributed by atoms with Crippen LogP contribution in [0.4, 0.5) is 10.2 Å². The Morgan fingerprint density at radius 3 is 2.85 bits per heavy atom. The Bertz CT molecular complexity index is 1240. The molecule has 1 N–H and O–H groups in total. The molecule has 4 heterocycles. The summed E-state index contributed by atoms with van der Waals surface area (Å²) >= 11 is 0. The van der Waals surface area contributed by atoms with Crippen molar-refractivity contribution in [2.75, 3.05) is 18.0 Å². The average molecular weight is 449 g/mol. The van der Waals surface area contributed by atoms with Crippen molar-refractivity contribution in [3.63, 3.8) is 0 Å². The third-order valence-electron chi connectivity index (χ3n) is 6.49. The average Bonchev–Trinajstić information content (AvgIpc) is 3.45. The van der Waals surface area contributed by atoms with Crippen LogP contribution in [-0.2, 0) is 17.8 Å². The normalized spacial score (nSPS) is 18.0. The maximum absolute atomic E-state index is 13.7.